The minimum absolute atomic E-state index is 0.0534. The average Bonchev–Trinajstić information content (AvgIpc) is 3.01. The summed E-state index contributed by atoms with van der Waals surface area (Å²) in [6, 6.07) is 12.2. The van der Waals surface area contributed by atoms with Crippen molar-refractivity contribution in [2.75, 3.05) is 4.31 Å². The summed E-state index contributed by atoms with van der Waals surface area (Å²) in [7, 11) is -3.93. The Bertz CT molecular complexity index is 1330. The number of halogens is 3. The molecule has 2 unspecified atom stereocenters. The highest BCUT2D eigenvalue weighted by Crippen LogP contribution is 2.47. The number of nitrogens with zero attached hydrogens (tertiary/aromatic N) is 1. The molecule has 1 aliphatic rings. The van der Waals surface area contributed by atoms with Crippen LogP contribution in [0.2, 0.25) is 0 Å². The molecule has 0 fully saturated rings. The smallest absolute Gasteiger partial charge is 0.290 e. The Kier molecular flexibility index (Phi) is 5.47. The highest BCUT2D eigenvalue weighted by Gasteiger charge is 2.42. The van der Waals surface area contributed by atoms with Crippen LogP contribution in [0, 0.1) is 13.8 Å². The number of anilines is 1. The third-order valence-electron chi connectivity index (χ3n) is 6.38. The highest BCUT2D eigenvalue weighted by molar-refractivity contribution is 7.92. The summed E-state index contributed by atoms with van der Waals surface area (Å²) in [6.07, 6.45) is -4.41. The Morgan fingerprint density at radius 1 is 0.848 bits per heavy atom. The zero-order chi connectivity index (χ0) is 24.3. The molecule has 0 aromatic heterocycles. The molecule has 1 heterocycles. The molecule has 0 bridgehead atoms. The second kappa shape index (κ2) is 7.80. The van der Waals surface area contributed by atoms with Crippen LogP contribution in [0.4, 0.5) is 18.9 Å². The lowest BCUT2D eigenvalue weighted by atomic mass is 9.92. The molecule has 4 nitrogen and oxygen atoms in total. The van der Waals surface area contributed by atoms with Gasteiger partial charge in [0.1, 0.15) is 0 Å². The van der Waals surface area contributed by atoms with E-state index < -0.39 is 21.8 Å². The number of sulfonamides is 1. The number of hydrogen-bond acceptors (Lipinski definition) is 2. The van der Waals surface area contributed by atoms with Crippen molar-refractivity contribution in [3.8, 4) is 16.9 Å². The summed E-state index contributed by atoms with van der Waals surface area (Å²) in [5.74, 6) is -0.364. The average molecular weight is 475 g/mol. The van der Waals surface area contributed by atoms with Gasteiger partial charge in [0, 0.05) is 12.0 Å². The number of hydrogen-bond donors (Lipinski definition) is 0. The lowest BCUT2D eigenvalue weighted by Gasteiger charge is -2.27. The molecule has 3 aromatic carbocycles. The quantitative estimate of drug-likeness (QED) is 0.418. The Balaban J connectivity index is 1.81. The molecule has 0 spiro atoms. The monoisotopic (exact) mass is 474 g/mol. The van der Waals surface area contributed by atoms with Gasteiger partial charge in [0.25, 0.3) is 10.0 Å². The first-order chi connectivity index (χ1) is 15.3. The van der Waals surface area contributed by atoms with E-state index in [0.717, 1.165) is 23.3 Å². The predicted molar refractivity (Wildman–Crippen MR) is 120 cm³/mol. The summed E-state index contributed by atoms with van der Waals surface area (Å²) in [4.78, 5) is 0.0534. The molecule has 0 N–H and O–H groups in total. The van der Waals surface area contributed by atoms with E-state index in [1.807, 2.05) is 19.9 Å². The minimum Gasteiger partial charge on any atom is -0.290 e. The number of alkyl halides is 3. The first kappa shape index (κ1) is 23.2. The van der Waals surface area contributed by atoms with Crippen LogP contribution in [-0.2, 0) is 21.3 Å². The van der Waals surface area contributed by atoms with Crippen molar-refractivity contribution in [3.63, 3.8) is 0 Å². The maximum Gasteiger partial charge on any atom is 0.416 e. The van der Waals surface area contributed by atoms with Crippen LogP contribution in [0.25, 0.3) is 11.1 Å². The van der Waals surface area contributed by atoms with Gasteiger partial charge in [0.2, 0.25) is 0 Å². The molecule has 0 amide bonds. The molecule has 33 heavy (non-hydrogen) atoms. The second-order valence-electron chi connectivity index (χ2n) is 8.56. The van der Waals surface area contributed by atoms with Crippen molar-refractivity contribution >= 4 is 15.7 Å². The molecule has 3 aromatic rings. The fourth-order valence-electron chi connectivity index (χ4n) is 4.37. The summed E-state index contributed by atoms with van der Waals surface area (Å²) in [5, 5.41) is 11.8. The van der Waals surface area contributed by atoms with Gasteiger partial charge in [-0.15, -0.1) is 0 Å². The molecule has 0 saturated carbocycles. The van der Waals surface area contributed by atoms with Crippen molar-refractivity contribution in [1.29, 1.82) is 0 Å². The van der Waals surface area contributed by atoms with Crippen molar-refractivity contribution in [2.45, 2.75) is 50.7 Å². The van der Waals surface area contributed by atoms with Gasteiger partial charge in [0.15, 0.2) is 5.75 Å². The Morgan fingerprint density at radius 3 is 2.06 bits per heavy atom. The Morgan fingerprint density at radius 2 is 1.48 bits per heavy atom. The van der Waals surface area contributed by atoms with Crippen LogP contribution < -0.4 is 4.31 Å². The topological polar surface area (TPSA) is 57.3 Å². The zero-order valence-corrected chi connectivity index (χ0v) is 19.4. The van der Waals surface area contributed by atoms with Crippen molar-refractivity contribution in [1.82, 2.24) is 0 Å². The normalized spacial score (nSPS) is 18.5. The molecule has 1 aliphatic heterocycles. The molecule has 0 aliphatic carbocycles. The van der Waals surface area contributed by atoms with E-state index in [4.69, 9.17) is 0 Å². The SMILES string of the molecule is Cc1cc(S(=O)(=O)N2c3c(C)cc(-c4ccc(C(F)(F)F)cc4)cc3C(C)C2C)ccc1[O]. The first-order valence-electron chi connectivity index (χ1n) is 10.5. The van der Waals surface area contributed by atoms with Crippen LogP contribution in [0.3, 0.4) is 0 Å². The largest absolute Gasteiger partial charge is 0.416 e. The highest BCUT2D eigenvalue weighted by atomic mass is 32.2. The maximum atomic E-state index is 13.6. The van der Waals surface area contributed by atoms with Gasteiger partial charge in [-0.25, -0.2) is 8.42 Å². The zero-order valence-electron chi connectivity index (χ0n) is 18.6. The fourth-order valence-corrected chi connectivity index (χ4v) is 6.28. The van der Waals surface area contributed by atoms with Gasteiger partial charge < -0.3 is 0 Å². The number of aryl methyl sites for hydroxylation is 2. The molecule has 1 radical (unpaired) electrons. The van der Waals surface area contributed by atoms with Gasteiger partial charge in [-0.1, -0.05) is 19.1 Å². The third-order valence-corrected chi connectivity index (χ3v) is 8.27. The van der Waals surface area contributed by atoms with E-state index in [2.05, 4.69) is 0 Å². The Labute approximate surface area is 191 Å². The van der Waals surface area contributed by atoms with E-state index in [1.54, 1.807) is 19.9 Å². The lowest BCUT2D eigenvalue weighted by molar-refractivity contribution is -0.137. The van der Waals surface area contributed by atoms with Gasteiger partial charge in [0.05, 0.1) is 16.1 Å². The number of rotatable bonds is 3. The molecule has 0 saturated heterocycles. The fraction of sp³-hybridized carbons (Fsp3) is 0.280. The Hall–Kier alpha value is -3.00. The summed E-state index contributed by atoms with van der Waals surface area (Å²) in [6.45, 7) is 7.13. The maximum absolute atomic E-state index is 13.6. The van der Waals surface area contributed by atoms with Gasteiger partial charge in [-0.2, -0.15) is 13.2 Å². The second-order valence-corrected chi connectivity index (χ2v) is 10.4. The summed E-state index contributed by atoms with van der Waals surface area (Å²) < 4.78 is 67.3. The van der Waals surface area contributed by atoms with Crippen LogP contribution in [0.5, 0.6) is 5.75 Å². The number of fused-ring (bicyclic) bond motifs is 1. The van der Waals surface area contributed by atoms with E-state index >= 15 is 0 Å². The van der Waals surface area contributed by atoms with Crippen molar-refractivity contribution in [3.05, 3.63) is 76.9 Å². The van der Waals surface area contributed by atoms with Crippen molar-refractivity contribution < 1.29 is 26.7 Å². The first-order valence-corrected chi connectivity index (χ1v) is 11.9. The van der Waals surface area contributed by atoms with Crippen LogP contribution in [0.15, 0.2) is 59.5 Å². The standard InChI is InChI=1S/C25H23F3NO3S/c1-14-12-21(9-10-23(14)30)33(31,32)29-17(4)16(3)22-13-19(11-15(2)24(22)29)18-5-7-20(8-6-18)25(26,27)28/h5-13,16-17H,1-4H3. The molecule has 4 rings (SSSR count). The summed E-state index contributed by atoms with van der Waals surface area (Å²) >= 11 is 0. The van der Waals surface area contributed by atoms with E-state index in [9.17, 15) is 26.7 Å². The predicted octanol–water partition coefficient (Wildman–Crippen LogP) is 6.83. The molecule has 173 valence electrons. The molecular formula is C25H23F3NO3S. The van der Waals surface area contributed by atoms with E-state index in [1.165, 1.54) is 34.6 Å². The van der Waals surface area contributed by atoms with Gasteiger partial charge >= 0.3 is 6.18 Å². The minimum atomic E-state index is -4.41. The summed E-state index contributed by atoms with van der Waals surface area (Å²) in [5.41, 5.74) is 3.09. The van der Waals surface area contributed by atoms with Gasteiger partial charge in [-0.05, 0) is 91.1 Å². The molecule has 8 heteroatoms. The molecular weight excluding hydrogens is 451 g/mol. The van der Waals surface area contributed by atoms with Crippen LogP contribution in [-0.4, -0.2) is 14.5 Å². The van der Waals surface area contributed by atoms with E-state index in [0.29, 0.717) is 22.4 Å². The number of benzene rings is 3. The van der Waals surface area contributed by atoms with Crippen LogP contribution >= 0.6 is 0 Å². The lowest BCUT2D eigenvalue weighted by Crippen LogP contribution is -2.37. The third kappa shape index (κ3) is 3.86. The van der Waals surface area contributed by atoms with Crippen molar-refractivity contribution in [2.24, 2.45) is 0 Å². The van der Waals surface area contributed by atoms with Crippen LogP contribution in [0.1, 0.15) is 42.0 Å². The van der Waals surface area contributed by atoms with E-state index in [-0.39, 0.29) is 22.6 Å². The molecule has 2 atom stereocenters. The van der Waals surface area contributed by atoms with Gasteiger partial charge in [-0.3, -0.25) is 9.41 Å².